The number of allylic oxidation sites excluding steroid dienone is 1. The lowest BCUT2D eigenvalue weighted by atomic mass is 9.74. The van der Waals surface area contributed by atoms with E-state index in [1.807, 2.05) is 19.2 Å². The minimum absolute atomic E-state index is 0.0734. The third-order valence-corrected chi connectivity index (χ3v) is 5.45. The summed E-state index contributed by atoms with van der Waals surface area (Å²) in [6.07, 6.45) is 2.48. The van der Waals surface area contributed by atoms with Crippen molar-refractivity contribution in [1.29, 1.82) is 0 Å². The molecule has 0 spiro atoms. The fraction of sp³-hybridized carbons (Fsp3) is 0.588. The molecule has 130 valence electrons. The first kappa shape index (κ1) is 17.1. The van der Waals surface area contributed by atoms with Crippen LogP contribution in [0.25, 0.3) is 5.57 Å². The van der Waals surface area contributed by atoms with Gasteiger partial charge in [0, 0.05) is 11.8 Å². The quantitative estimate of drug-likeness (QED) is 0.775. The number of ketones is 1. The summed E-state index contributed by atoms with van der Waals surface area (Å²) in [7, 11) is 1.33. The van der Waals surface area contributed by atoms with Crippen LogP contribution in [-0.4, -0.2) is 42.7 Å². The number of aromatic nitrogens is 1. The number of esters is 1. The van der Waals surface area contributed by atoms with Gasteiger partial charge >= 0.3 is 5.97 Å². The van der Waals surface area contributed by atoms with E-state index in [1.54, 1.807) is 0 Å². The molecule has 7 heteroatoms. The summed E-state index contributed by atoms with van der Waals surface area (Å²) < 4.78 is 16.1. The Labute approximate surface area is 144 Å². The van der Waals surface area contributed by atoms with Gasteiger partial charge in [0.05, 0.1) is 41.7 Å². The number of hydrogen-bond acceptors (Lipinski definition) is 7. The van der Waals surface area contributed by atoms with Crippen LogP contribution in [0.5, 0.6) is 0 Å². The van der Waals surface area contributed by atoms with E-state index in [-0.39, 0.29) is 36.4 Å². The lowest BCUT2D eigenvalue weighted by Gasteiger charge is -2.40. The molecule has 1 fully saturated rings. The molecule has 0 N–H and O–H groups in total. The second-order valence-corrected chi connectivity index (χ2v) is 7.37. The van der Waals surface area contributed by atoms with Gasteiger partial charge in [-0.2, -0.15) is 0 Å². The summed E-state index contributed by atoms with van der Waals surface area (Å²) in [6, 6.07) is 0. The number of methoxy groups -OCH3 is 1. The van der Waals surface area contributed by atoms with Crippen LogP contribution in [0.2, 0.25) is 0 Å². The predicted octanol–water partition coefficient (Wildman–Crippen LogP) is 2.36. The smallest absolute Gasteiger partial charge is 0.331 e. The standard InChI is InChI=1S/C17H21NO5S/c1-9-4-11-15(5-14(9)23-7-16(19)21-3)22-6-12(17(11)20)13-8-24-10(2)18-13/h6,8-9,11,14-15H,4-5,7H2,1-3H3. The normalized spacial score (nSPS) is 29.5. The Bertz CT molecular complexity index is 668. The minimum Gasteiger partial charge on any atom is -0.496 e. The van der Waals surface area contributed by atoms with Gasteiger partial charge < -0.3 is 14.2 Å². The van der Waals surface area contributed by atoms with Crippen LogP contribution >= 0.6 is 11.3 Å². The molecule has 0 saturated heterocycles. The number of fused-ring (bicyclic) bond motifs is 1. The van der Waals surface area contributed by atoms with Crippen molar-refractivity contribution in [3.8, 4) is 0 Å². The highest BCUT2D eigenvalue weighted by molar-refractivity contribution is 7.09. The van der Waals surface area contributed by atoms with E-state index in [4.69, 9.17) is 9.47 Å². The second-order valence-electron chi connectivity index (χ2n) is 6.30. The maximum atomic E-state index is 12.8. The maximum Gasteiger partial charge on any atom is 0.331 e. The van der Waals surface area contributed by atoms with Gasteiger partial charge in [-0.25, -0.2) is 9.78 Å². The first-order chi connectivity index (χ1) is 11.5. The molecule has 4 unspecified atom stereocenters. The molecular formula is C17H21NO5S. The molecule has 0 bridgehead atoms. The number of ether oxygens (including phenoxy) is 3. The van der Waals surface area contributed by atoms with E-state index in [1.165, 1.54) is 24.7 Å². The van der Waals surface area contributed by atoms with Gasteiger partial charge in [-0.3, -0.25) is 4.79 Å². The fourth-order valence-corrected chi connectivity index (χ4v) is 3.92. The molecule has 1 aromatic heterocycles. The summed E-state index contributed by atoms with van der Waals surface area (Å²) in [6.45, 7) is 3.88. The van der Waals surface area contributed by atoms with E-state index < -0.39 is 5.97 Å². The second kappa shape index (κ2) is 7.03. The van der Waals surface area contributed by atoms with Crippen molar-refractivity contribution in [3.05, 3.63) is 22.3 Å². The Morgan fingerprint density at radius 3 is 2.92 bits per heavy atom. The van der Waals surface area contributed by atoms with Crippen LogP contribution in [-0.2, 0) is 23.8 Å². The van der Waals surface area contributed by atoms with Gasteiger partial charge in [0.1, 0.15) is 12.7 Å². The highest BCUT2D eigenvalue weighted by Crippen LogP contribution is 2.39. The number of rotatable bonds is 4. The number of carbonyl (C=O) groups excluding carboxylic acids is 2. The Morgan fingerprint density at radius 2 is 2.25 bits per heavy atom. The molecule has 1 aliphatic carbocycles. The third kappa shape index (κ3) is 3.37. The summed E-state index contributed by atoms with van der Waals surface area (Å²) in [5.74, 6) is -0.319. The Balaban J connectivity index is 1.70. The van der Waals surface area contributed by atoms with Gasteiger partial charge in [0.2, 0.25) is 0 Å². The lowest BCUT2D eigenvalue weighted by molar-refractivity contribution is -0.154. The number of Topliss-reactive ketones (excluding diaryl/α,β-unsaturated/α-hetero) is 1. The zero-order valence-corrected chi connectivity index (χ0v) is 14.8. The molecule has 2 heterocycles. The molecular weight excluding hydrogens is 330 g/mol. The van der Waals surface area contributed by atoms with Crippen molar-refractivity contribution in [2.75, 3.05) is 13.7 Å². The summed E-state index contributed by atoms with van der Waals surface area (Å²) in [4.78, 5) is 28.5. The first-order valence-corrected chi connectivity index (χ1v) is 8.88. The molecule has 3 rings (SSSR count). The van der Waals surface area contributed by atoms with Crippen LogP contribution in [0.3, 0.4) is 0 Å². The average Bonchev–Trinajstić information content (AvgIpc) is 2.99. The number of carbonyl (C=O) groups is 2. The SMILES string of the molecule is COC(=O)COC1CC2OC=C(c3csc(C)n3)C(=O)C2CC1C. The lowest BCUT2D eigenvalue weighted by Crippen LogP contribution is -2.45. The van der Waals surface area contributed by atoms with Crippen molar-refractivity contribution in [3.63, 3.8) is 0 Å². The highest BCUT2D eigenvalue weighted by Gasteiger charge is 2.44. The number of hydrogen-bond donors (Lipinski definition) is 0. The van der Waals surface area contributed by atoms with E-state index in [2.05, 4.69) is 9.72 Å². The molecule has 24 heavy (non-hydrogen) atoms. The first-order valence-electron chi connectivity index (χ1n) is 8.00. The molecule has 6 nitrogen and oxygen atoms in total. The summed E-state index contributed by atoms with van der Waals surface area (Å²) in [5, 5.41) is 2.81. The zero-order chi connectivity index (χ0) is 17.3. The molecule has 2 aliphatic rings. The Morgan fingerprint density at radius 1 is 1.46 bits per heavy atom. The summed E-state index contributed by atoms with van der Waals surface area (Å²) >= 11 is 1.52. The van der Waals surface area contributed by atoms with Crippen molar-refractivity contribution < 1.29 is 23.8 Å². The van der Waals surface area contributed by atoms with E-state index >= 15 is 0 Å². The molecule has 1 saturated carbocycles. The highest BCUT2D eigenvalue weighted by atomic mass is 32.1. The number of thiazole rings is 1. The maximum absolute atomic E-state index is 12.8. The van der Waals surface area contributed by atoms with Crippen molar-refractivity contribution >= 4 is 28.7 Å². The predicted molar refractivity (Wildman–Crippen MR) is 88.4 cm³/mol. The number of aryl methyl sites for hydroxylation is 1. The van der Waals surface area contributed by atoms with Gasteiger partial charge in [0.25, 0.3) is 0 Å². The van der Waals surface area contributed by atoms with Gasteiger partial charge in [-0.05, 0) is 19.3 Å². The van der Waals surface area contributed by atoms with E-state index in [9.17, 15) is 9.59 Å². The van der Waals surface area contributed by atoms with Crippen LogP contribution in [0, 0.1) is 18.8 Å². The molecule has 1 aliphatic heterocycles. The Hall–Kier alpha value is -1.73. The van der Waals surface area contributed by atoms with Crippen molar-refractivity contribution in [1.82, 2.24) is 4.98 Å². The molecule has 0 amide bonds. The molecule has 0 radical (unpaired) electrons. The van der Waals surface area contributed by atoms with Gasteiger partial charge in [0.15, 0.2) is 5.78 Å². The largest absolute Gasteiger partial charge is 0.496 e. The average molecular weight is 351 g/mol. The van der Waals surface area contributed by atoms with Gasteiger partial charge in [-0.1, -0.05) is 6.92 Å². The third-order valence-electron chi connectivity index (χ3n) is 4.67. The van der Waals surface area contributed by atoms with Crippen LogP contribution in [0.1, 0.15) is 30.5 Å². The fourth-order valence-electron chi connectivity index (χ4n) is 3.31. The molecule has 1 aromatic rings. The van der Waals surface area contributed by atoms with Crippen molar-refractivity contribution in [2.24, 2.45) is 11.8 Å². The van der Waals surface area contributed by atoms with Crippen molar-refractivity contribution in [2.45, 2.75) is 38.9 Å². The van der Waals surface area contributed by atoms with Gasteiger partial charge in [-0.15, -0.1) is 11.3 Å². The minimum atomic E-state index is -0.397. The van der Waals surface area contributed by atoms with E-state index in [0.29, 0.717) is 24.1 Å². The summed E-state index contributed by atoms with van der Waals surface area (Å²) in [5.41, 5.74) is 1.25. The van der Waals surface area contributed by atoms with Crippen LogP contribution < -0.4 is 0 Å². The number of nitrogens with zero attached hydrogens (tertiary/aromatic N) is 1. The van der Waals surface area contributed by atoms with Crippen LogP contribution in [0.15, 0.2) is 11.6 Å². The van der Waals surface area contributed by atoms with Crippen LogP contribution in [0.4, 0.5) is 0 Å². The topological polar surface area (TPSA) is 74.7 Å². The molecule has 4 atom stereocenters. The Kier molecular flexibility index (Phi) is 5.01. The zero-order valence-electron chi connectivity index (χ0n) is 14.0. The van der Waals surface area contributed by atoms with E-state index in [0.717, 1.165) is 5.01 Å². The monoisotopic (exact) mass is 351 g/mol. The molecule has 0 aromatic carbocycles.